The number of ether oxygens (including phenoxy) is 2. The van der Waals surface area contributed by atoms with Gasteiger partial charge < -0.3 is 14.8 Å². The molecule has 1 N–H and O–H groups in total. The standard InChI is InChI=1S/C21H32N2O5S/c1-27-19-13-17-9-11-23(15-18(17)14-20(19)28-2)29(25,26)12-6-10-22-21(24)16-7-4-3-5-8-16/h13-14,16H,3-12,15H2,1-2H3,(H,22,24). The normalized spacial score (nSPS) is 18.1. The molecule has 1 aliphatic heterocycles. The van der Waals surface area contributed by atoms with E-state index in [9.17, 15) is 13.2 Å². The second-order valence-electron chi connectivity index (χ2n) is 7.85. The number of sulfonamides is 1. The maximum absolute atomic E-state index is 12.8. The average Bonchev–Trinajstić information content (AvgIpc) is 2.75. The van der Waals surface area contributed by atoms with Gasteiger partial charge in [-0.05, 0) is 48.9 Å². The highest BCUT2D eigenvalue weighted by Crippen LogP contribution is 2.33. The summed E-state index contributed by atoms with van der Waals surface area (Å²) in [5.74, 6) is 1.49. The van der Waals surface area contributed by atoms with Crippen molar-refractivity contribution in [3.63, 3.8) is 0 Å². The van der Waals surface area contributed by atoms with Crippen LogP contribution in [0.2, 0.25) is 0 Å². The number of nitrogens with zero attached hydrogens (tertiary/aromatic N) is 1. The van der Waals surface area contributed by atoms with Gasteiger partial charge in [0.25, 0.3) is 0 Å². The first kappa shape index (κ1) is 21.9. The number of hydrogen-bond donors (Lipinski definition) is 1. The van der Waals surface area contributed by atoms with Crippen LogP contribution in [-0.2, 0) is 27.8 Å². The molecule has 0 saturated heterocycles. The fourth-order valence-corrected chi connectivity index (χ4v) is 5.67. The molecule has 1 amide bonds. The summed E-state index contributed by atoms with van der Waals surface area (Å²) in [6, 6.07) is 3.79. The number of nitrogens with one attached hydrogen (secondary N) is 1. The molecular formula is C21H32N2O5S. The Balaban J connectivity index is 1.52. The zero-order valence-electron chi connectivity index (χ0n) is 17.4. The molecule has 0 atom stereocenters. The van der Waals surface area contributed by atoms with Gasteiger partial charge in [0, 0.05) is 25.6 Å². The van der Waals surface area contributed by atoms with Crippen molar-refractivity contribution in [2.24, 2.45) is 5.92 Å². The first-order valence-corrected chi connectivity index (χ1v) is 12.0. The van der Waals surface area contributed by atoms with Crippen molar-refractivity contribution in [2.45, 2.75) is 51.5 Å². The molecule has 0 spiro atoms. The third-order valence-electron chi connectivity index (χ3n) is 5.93. The van der Waals surface area contributed by atoms with Crippen molar-refractivity contribution in [3.8, 4) is 11.5 Å². The van der Waals surface area contributed by atoms with Crippen molar-refractivity contribution in [2.75, 3.05) is 33.1 Å². The smallest absolute Gasteiger partial charge is 0.223 e. The summed E-state index contributed by atoms with van der Waals surface area (Å²) in [4.78, 5) is 12.2. The van der Waals surface area contributed by atoms with Gasteiger partial charge in [-0.2, -0.15) is 4.31 Å². The summed E-state index contributed by atoms with van der Waals surface area (Å²) in [6.45, 7) is 1.20. The first-order chi connectivity index (χ1) is 13.9. The molecule has 1 aromatic rings. The molecule has 0 radical (unpaired) electrons. The number of methoxy groups -OCH3 is 2. The number of hydrogen-bond acceptors (Lipinski definition) is 5. The monoisotopic (exact) mass is 424 g/mol. The van der Waals surface area contributed by atoms with Crippen molar-refractivity contribution >= 4 is 15.9 Å². The molecule has 7 nitrogen and oxygen atoms in total. The van der Waals surface area contributed by atoms with Gasteiger partial charge in [0.1, 0.15) is 0 Å². The lowest BCUT2D eigenvalue weighted by atomic mass is 9.89. The predicted octanol–water partition coefficient (Wildman–Crippen LogP) is 2.48. The Morgan fingerprint density at radius 3 is 2.41 bits per heavy atom. The Labute approximate surface area is 173 Å². The fourth-order valence-electron chi connectivity index (χ4n) is 4.20. The number of rotatable bonds is 8. The van der Waals surface area contributed by atoms with Crippen molar-refractivity contribution < 1.29 is 22.7 Å². The van der Waals surface area contributed by atoms with Gasteiger partial charge in [-0.15, -0.1) is 0 Å². The molecule has 2 aliphatic rings. The first-order valence-electron chi connectivity index (χ1n) is 10.4. The molecule has 1 aromatic carbocycles. The van der Waals surface area contributed by atoms with Gasteiger partial charge in [-0.1, -0.05) is 19.3 Å². The summed E-state index contributed by atoms with van der Waals surface area (Å²) in [5.41, 5.74) is 2.04. The number of amides is 1. The van der Waals surface area contributed by atoms with E-state index >= 15 is 0 Å². The van der Waals surface area contributed by atoms with Crippen LogP contribution in [0.25, 0.3) is 0 Å². The summed E-state index contributed by atoms with van der Waals surface area (Å²) in [6.07, 6.45) is 6.40. The van der Waals surface area contributed by atoms with Crippen molar-refractivity contribution in [1.29, 1.82) is 0 Å². The zero-order valence-corrected chi connectivity index (χ0v) is 18.2. The minimum absolute atomic E-state index is 0.0422. The second kappa shape index (κ2) is 9.80. The van der Waals surface area contributed by atoms with E-state index in [1.807, 2.05) is 12.1 Å². The lowest BCUT2D eigenvalue weighted by molar-refractivity contribution is -0.125. The summed E-state index contributed by atoms with van der Waals surface area (Å²) in [7, 11) is -0.207. The second-order valence-corrected chi connectivity index (χ2v) is 9.94. The van der Waals surface area contributed by atoms with Gasteiger partial charge in [0.2, 0.25) is 15.9 Å². The zero-order chi connectivity index (χ0) is 20.9. The van der Waals surface area contributed by atoms with Crippen LogP contribution < -0.4 is 14.8 Å². The van der Waals surface area contributed by atoms with E-state index in [1.165, 1.54) is 10.7 Å². The minimum Gasteiger partial charge on any atom is -0.493 e. The van der Waals surface area contributed by atoms with E-state index in [2.05, 4.69) is 5.32 Å². The van der Waals surface area contributed by atoms with E-state index in [0.717, 1.165) is 36.8 Å². The number of fused-ring (bicyclic) bond motifs is 1. The van der Waals surface area contributed by atoms with Gasteiger partial charge in [-0.3, -0.25) is 4.79 Å². The highest BCUT2D eigenvalue weighted by Gasteiger charge is 2.28. The Morgan fingerprint density at radius 1 is 1.10 bits per heavy atom. The van der Waals surface area contributed by atoms with Crippen molar-refractivity contribution in [3.05, 3.63) is 23.3 Å². The molecule has 1 fully saturated rings. The highest BCUT2D eigenvalue weighted by molar-refractivity contribution is 7.89. The molecule has 0 bridgehead atoms. The van der Waals surface area contributed by atoms with Crippen LogP contribution in [0.1, 0.15) is 49.7 Å². The maximum Gasteiger partial charge on any atom is 0.223 e. The van der Waals surface area contributed by atoms with E-state index < -0.39 is 10.0 Å². The van der Waals surface area contributed by atoms with E-state index in [-0.39, 0.29) is 17.6 Å². The molecule has 3 rings (SSSR count). The summed E-state index contributed by atoms with van der Waals surface area (Å²) < 4.78 is 37.8. The van der Waals surface area contributed by atoms with Crippen LogP contribution >= 0.6 is 0 Å². The van der Waals surface area contributed by atoms with Crippen LogP contribution in [0.3, 0.4) is 0 Å². The van der Waals surface area contributed by atoms with E-state index in [1.54, 1.807) is 14.2 Å². The van der Waals surface area contributed by atoms with Gasteiger partial charge in [-0.25, -0.2) is 8.42 Å². The van der Waals surface area contributed by atoms with Gasteiger partial charge >= 0.3 is 0 Å². The van der Waals surface area contributed by atoms with Crippen LogP contribution in [0.4, 0.5) is 0 Å². The lowest BCUT2D eigenvalue weighted by Crippen LogP contribution is -2.38. The van der Waals surface area contributed by atoms with Crippen LogP contribution in [0.5, 0.6) is 11.5 Å². The lowest BCUT2D eigenvalue weighted by Gasteiger charge is -2.29. The van der Waals surface area contributed by atoms with Gasteiger partial charge in [0.15, 0.2) is 11.5 Å². The molecule has 1 saturated carbocycles. The summed E-state index contributed by atoms with van der Waals surface area (Å²) in [5, 5.41) is 2.92. The predicted molar refractivity (Wildman–Crippen MR) is 112 cm³/mol. The largest absolute Gasteiger partial charge is 0.493 e. The van der Waals surface area contributed by atoms with Crippen LogP contribution in [0, 0.1) is 5.92 Å². The van der Waals surface area contributed by atoms with E-state index in [4.69, 9.17) is 9.47 Å². The molecule has 0 unspecified atom stereocenters. The Morgan fingerprint density at radius 2 is 1.76 bits per heavy atom. The third kappa shape index (κ3) is 5.42. The van der Waals surface area contributed by atoms with E-state index in [0.29, 0.717) is 44.0 Å². The number of carbonyl (C=O) groups excluding carboxylic acids is 1. The van der Waals surface area contributed by atoms with Gasteiger partial charge in [0.05, 0.1) is 20.0 Å². The van der Waals surface area contributed by atoms with Crippen LogP contribution in [0.15, 0.2) is 12.1 Å². The van der Waals surface area contributed by atoms with Crippen LogP contribution in [-0.4, -0.2) is 51.7 Å². The average molecular weight is 425 g/mol. The molecule has 8 heteroatoms. The van der Waals surface area contributed by atoms with Crippen molar-refractivity contribution in [1.82, 2.24) is 9.62 Å². The molecular weight excluding hydrogens is 392 g/mol. The Bertz CT molecular complexity index is 819. The topological polar surface area (TPSA) is 84.9 Å². The number of carbonyl (C=O) groups is 1. The minimum atomic E-state index is -3.37. The molecule has 29 heavy (non-hydrogen) atoms. The molecule has 162 valence electrons. The fraction of sp³-hybridized carbons (Fsp3) is 0.667. The summed E-state index contributed by atoms with van der Waals surface area (Å²) >= 11 is 0. The maximum atomic E-state index is 12.8. The highest BCUT2D eigenvalue weighted by atomic mass is 32.2. The number of benzene rings is 1. The Kier molecular flexibility index (Phi) is 7.40. The molecule has 0 aromatic heterocycles. The molecule has 1 aliphatic carbocycles. The Hall–Kier alpha value is -1.80. The molecule has 1 heterocycles. The quantitative estimate of drug-likeness (QED) is 0.648. The third-order valence-corrected chi connectivity index (χ3v) is 7.83. The SMILES string of the molecule is COc1cc2c(cc1OC)CN(S(=O)(=O)CCCNC(=O)C1CCCCC1)CC2.